The van der Waals surface area contributed by atoms with E-state index in [0.717, 1.165) is 29.7 Å². The van der Waals surface area contributed by atoms with Gasteiger partial charge in [0.1, 0.15) is 25.3 Å². The fourth-order valence-electron chi connectivity index (χ4n) is 4.75. The van der Waals surface area contributed by atoms with Gasteiger partial charge in [0.15, 0.2) is 18.1 Å². The van der Waals surface area contributed by atoms with E-state index in [1.165, 1.54) is 0 Å². The lowest BCUT2D eigenvalue weighted by atomic mass is 9.75. The number of imide groups is 1. The molecule has 1 spiro atoms. The number of esters is 1. The summed E-state index contributed by atoms with van der Waals surface area (Å²) in [5.41, 5.74) is -0.106. The van der Waals surface area contributed by atoms with Crippen LogP contribution in [0.25, 0.3) is 0 Å². The molecule has 0 bridgehead atoms. The van der Waals surface area contributed by atoms with Crippen LogP contribution in [0.2, 0.25) is 0 Å². The molecule has 1 saturated carbocycles. The second kappa shape index (κ2) is 9.90. The van der Waals surface area contributed by atoms with Gasteiger partial charge in [-0.2, -0.15) is 0 Å². The molecule has 4 amide bonds. The normalized spacial score (nSPS) is 24.5. The lowest BCUT2D eigenvalue weighted by Gasteiger charge is -2.34. The first-order chi connectivity index (χ1) is 16.3. The third-order valence-electron chi connectivity index (χ3n) is 6.88. The minimum atomic E-state index is -0.917. The van der Waals surface area contributed by atoms with Crippen LogP contribution in [0.5, 0.6) is 11.5 Å². The van der Waals surface area contributed by atoms with Gasteiger partial charge >= 0.3 is 12.0 Å². The summed E-state index contributed by atoms with van der Waals surface area (Å²) in [5, 5.41) is 5.53. The molecule has 10 heteroatoms. The highest BCUT2D eigenvalue weighted by molar-refractivity contribution is 6.08. The molecule has 0 unspecified atom stereocenters. The number of urea groups is 1. The molecule has 1 aliphatic carbocycles. The standard InChI is InChI=1S/C24H31N3O7/c1-3-16-6-8-24(9-7-16)22(30)27(23(31)26-24)13-21(29)34-14-20(28)25-15(2)17-4-5-18-19(12-17)33-11-10-32-18/h4-5,12,15-16H,3,6-11,13-14H2,1-2H3,(H,25,28)(H,26,31)/t15-,16?,24?/m0/s1. The Hall–Kier alpha value is -3.30. The Labute approximate surface area is 198 Å². The van der Waals surface area contributed by atoms with Crippen LogP contribution < -0.4 is 20.1 Å². The van der Waals surface area contributed by atoms with Crippen LogP contribution in [0.15, 0.2) is 18.2 Å². The maximum atomic E-state index is 12.9. The number of ether oxygens (including phenoxy) is 3. The summed E-state index contributed by atoms with van der Waals surface area (Å²) in [7, 11) is 0. The number of benzene rings is 1. The smallest absolute Gasteiger partial charge is 0.326 e. The van der Waals surface area contributed by atoms with Gasteiger partial charge in [-0.15, -0.1) is 0 Å². The average Bonchev–Trinajstić information content (AvgIpc) is 3.06. The molecular weight excluding hydrogens is 442 g/mol. The summed E-state index contributed by atoms with van der Waals surface area (Å²) >= 11 is 0. The summed E-state index contributed by atoms with van der Waals surface area (Å²) in [4.78, 5) is 50.7. The van der Waals surface area contributed by atoms with Crippen LogP contribution in [-0.2, 0) is 19.1 Å². The highest BCUT2D eigenvalue weighted by Gasteiger charge is 2.52. The lowest BCUT2D eigenvalue weighted by Crippen LogP contribution is -2.49. The predicted octanol–water partition coefficient (Wildman–Crippen LogP) is 2.07. The van der Waals surface area contributed by atoms with Crippen molar-refractivity contribution in [3.05, 3.63) is 23.8 Å². The van der Waals surface area contributed by atoms with Gasteiger partial charge in [0.05, 0.1) is 6.04 Å². The van der Waals surface area contributed by atoms with E-state index in [1.54, 1.807) is 19.1 Å². The molecule has 184 valence electrons. The number of hydrogen-bond acceptors (Lipinski definition) is 7. The summed E-state index contributed by atoms with van der Waals surface area (Å²) in [6.45, 7) is 3.84. The topological polar surface area (TPSA) is 123 Å². The van der Waals surface area contributed by atoms with Crippen molar-refractivity contribution >= 4 is 23.8 Å². The fraction of sp³-hybridized carbons (Fsp3) is 0.583. The van der Waals surface area contributed by atoms with E-state index in [9.17, 15) is 19.2 Å². The Bertz CT molecular complexity index is 971. The average molecular weight is 474 g/mol. The van der Waals surface area contributed by atoms with Gasteiger partial charge in [-0.25, -0.2) is 4.79 Å². The van der Waals surface area contributed by atoms with E-state index in [2.05, 4.69) is 17.6 Å². The summed E-state index contributed by atoms with van der Waals surface area (Å²) in [5.74, 6) is 0.124. The second-order valence-electron chi connectivity index (χ2n) is 9.11. The van der Waals surface area contributed by atoms with Gasteiger partial charge in [-0.05, 0) is 56.2 Å². The molecule has 34 heavy (non-hydrogen) atoms. The van der Waals surface area contributed by atoms with E-state index in [0.29, 0.717) is 43.5 Å². The Kier molecular flexibility index (Phi) is 6.95. The molecule has 3 aliphatic rings. The summed E-state index contributed by atoms with van der Waals surface area (Å²) < 4.78 is 16.1. The van der Waals surface area contributed by atoms with Crippen molar-refractivity contribution in [3.8, 4) is 11.5 Å². The quantitative estimate of drug-likeness (QED) is 0.459. The van der Waals surface area contributed by atoms with Crippen LogP contribution in [0.3, 0.4) is 0 Å². The Morgan fingerprint density at radius 2 is 1.91 bits per heavy atom. The van der Waals surface area contributed by atoms with E-state index in [4.69, 9.17) is 14.2 Å². The zero-order valence-corrected chi connectivity index (χ0v) is 19.6. The first kappa shape index (κ1) is 23.8. The van der Waals surface area contributed by atoms with Crippen molar-refractivity contribution in [2.75, 3.05) is 26.4 Å². The van der Waals surface area contributed by atoms with Crippen molar-refractivity contribution < 1.29 is 33.4 Å². The third-order valence-corrected chi connectivity index (χ3v) is 6.88. The second-order valence-corrected chi connectivity index (χ2v) is 9.11. The molecule has 1 aromatic rings. The number of carbonyl (C=O) groups is 4. The molecular formula is C24H31N3O7. The zero-order valence-electron chi connectivity index (χ0n) is 19.6. The minimum absolute atomic E-state index is 0.355. The number of nitrogens with one attached hydrogen (secondary N) is 2. The van der Waals surface area contributed by atoms with Crippen LogP contribution in [0.1, 0.15) is 57.6 Å². The number of carbonyl (C=O) groups excluding carboxylic acids is 4. The van der Waals surface area contributed by atoms with Gasteiger partial charge in [0.2, 0.25) is 0 Å². The molecule has 1 aromatic carbocycles. The third kappa shape index (κ3) is 4.95. The largest absolute Gasteiger partial charge is 0.486 e. The van der Waals surface area contributed by atoms with E-state index < -0.39 is 36.6 Å². The minimum Gasteiger partial charge on any atom is -0.486 e. The first-order valence-electron chi connectivity index (χ1n) is 11.8. The predicted molar refractivity (Wildman–Crippen MR) is 120 cm³/mol. The molecule has 2 N–H and O–H groups in total. The molecule has 1 atom stereocenters. The van der Waals surface area contributed by atoms with Crippen molar-refractivity contribution in [2.24, 2.45) is 5.92 Å². The number of fused-ring (bicyclic) bond motifs is 1. The number of hydrogen-bond donors (Lipinski definition) is 2. The van der Waals surface area contributed by atoms with E-state index >= 15 is 0 Å². The van der Waals surface area contributed by atoms with Crippen molar-refractivity contribution in [1.82, 2.24) is 15.5 Å². The number of amides is 4. The van der Waals surface area contributed by atoms with Crippen LogP contribution in [0, 0.1) is 5.92 Å². The van der Waals surface area contributed by atoms with Crippen LogP contribution in [0.4, 0.5) is 4.79 Å². The van der Waals surface area contributed by atoms with E-state index in [1.807, 2.05) is 6.07 Å². The highest BCUT2D eigenvalue weighted by Crippen LogP contribution is 2.37. The van der Waals surface area contributed by atoms with Crippen LogP contribution in [-0.4, -0.2) is 60.6 Å². The maximum absolute atomic E-state index is 12.9. The molecule has 2 aliphatic heterocycles. The Balaban J connectivity index is 1.25. The Morgan fingerprint density at radius 3 is 2.62 bits per heavy atom. The van der Waals surface area contributed by atoms with Crippen LogP contribution >= 0.6 is 0 Å². The van der Waals surface area contributed by atoms with Crippen molar-refractivity contribution in [1.29, 1.82) is 0 Å². The van der Waals surface area contributed by atoms with Crippen molar-refractivity contribution in [3.63, 3.8) is 0 Å². The lowest BCUT2D eigenvalue weighted by molar-refractivity contribution is -0.151. The molecule has 2 fully saturated rings. The Morgan fingerprint density at radius 1 is 1.21 bits per heavy atom. The first-order valence-corrected chi connectivity index (χ1v) is 11.8. The van der Waals surface area contributed by atoms with Gasteiger partial charge in [-0.1, -0.05) is 19.4 Å². The van der Waals surface area contributed by atoms with Gasteiger partial charge in [-0.3, -0.25) is 19.3 Å². The molecule has 0 radical (unpaired) electrons. The van der Waals surface area contributed by atoms with E-state index in [-0.39, 0.29) is 11.9 Å². The molecule has 4 rings (SSSR count). The zero-order chi connectivity index (χ0) is 24.3. The monoisotopic (exact) mass is 473 g/mol. The molecule has 0 aromatic heterocycles. The highest BCUT2D eigenvalue weighted by atomic mass is 16.6. The fourth-order valence-corrected chi connectivity index (χ4v) is 4.75. The number of nitrogens with zero attached hydrogens (tertiary/aromatic N) is 1. The van der Waals surface area contributed by atoms with Gasteiger partial charge < -0.3 is 24.8 Å². The SMILES string of the molecule is CCC1CCC2(CC1)NC(=O)N(CC(=O)OCC(=O)N[C@@H](C)c1ccc3c(c1)OCCO3)C2=O. The van der Waals surface area contributed by atoms with Crippen molar-refractivity contribution in [2.45, 2.75) is 57.5 Å². The molecule has 1 saturated heterocycles. The van der Waals surface area contributed by atoms with Gasteiger partial charge in [0, 0.05) is 0 Å². The molecule has 10 nitrogen and oxygen atoms in total. The summed E-state index contributed by atoms with van der Waals surface area (Å²) in [6.07, 6.45) is 3.91. The maximum Gasteiger partial charge on any atom is 0.326 e. The van der Waals surface area contributed by atoms with Gasteiger partial charge in [0.25, 0.3) is 11.8 Å². The number of rotatable bonds is 7. The molecule has 2 heterocycles. The summed E-state index contributed by atoms with van der Waals surface area (Å²) in [6, 6.07) is 4.46.